The summed E-state index contributed by atoms with van der Waals surface area (Å²) in [5.41, 5.74) is 2.01. The summed E-state index contributed by atoms with van der Waals surface area (Å²) in [4.78, 5) is 11.8. The summed E-state index contributed by atoms with van der Waals surface area (Å²) in [5.74, 6) is 0.768. The number of para-hydroxylation sites is 1. The second kappa shape index (κ2) is 24.6. The van der Waals surface area contributed by atoms with Gasteiger partial charge in [-0.2, -0.15) is 4.89 Å². The molecule has 0 heterocycles. The Bertz CT molecular complexity index is 867. The number of benzene rings is 2. The van der Waals surface area contributed by atoms with E-state index in [0.717, 1.165) is 31.4 Å². The van der Waals surface area contributed by atoms with Gasteiger partial charge in [0, 0.05) is 6.42 Å². The van der Waals surface area contributed by atoms with Crippen molar-refractivity contribution in [2.45, 2.75) is 174 Å². The summed E-state index contributed by atoms with van der Waals surface area (Å²) in [7, 11) is 0. The second-order valence-corrected chi connectivity index (χ2v) is 12.8. The highest BCUT2D eigenvalue weighted by Gasteiger charge is 2.28. The molecule has 2 aromatic rings. The molecule has 1 atom stereocenters. The zero-order chi connectivity index (χ0) is 30.0. The van der Waals surface area contributed by atoms with Crippen LogP contribution in [-0.2, 0) is 22.8 Å². The Hall–Kier alpha value is -1.84. The van der Waals surface area contributed by atoms with Gasteiger partial charge in [0.2, 0.25) is 0 Å². The van der Waals surface area contributed by atoms with Gasteiger partial charge in [-0.3, -0.25) is 0 Å². The molecule has 0 N–H and O–H groups in total. The van der Waals surface area contributed by atoms with Crippen LogP contribution in [0.4, 0.5) is 0 Å². The number of hydrogen-bond donors (Lipinski definition) is 0. The predicted octanol–water partition coefficient (Wildman–Crippen LogP) is 12.7. The van der Waals surface area contributed by atoms with E-state index in [4.69, 9.17) is 14.8 Å². The molecule has 0 saturated heterocycles. The fourth-order valence-electron chi connectivity index (χ4n) is 5.90. The molecule has 0 aliphatic rings. The zero-order valence-corrected chi connectivity index (χ0v) is 27.7. The number of aryl methyl sites for hydroxylation is 1. The predicted molar refractivity (Wildman–Crippen MR) is 180 cm³/mol. The first-order chi connectivity index (χ1) is 20.7. The highest BCUT2D eigenvalue weighted by molar-refractivity contribution is 5.32. The molecule has 0 radical (unpaired) electrons. The third-order valence-electron chi connectivity index (χ3n) is 8.61. The lowest BCUT2D eigenvalue weighted by Gasteiger charge is -2.27. The maximum absolute atomic E-state index is 6.05. The van der Waals surface area contributed by atoms with Crippen molar-refractivity contribution in [3.63, 3.8) is 0 Å². The van der Waals surface area contributed by atoms with Gasteiger partial charge in [-0.15, -0.1) is 0 Å². The average molecular weight is 581 g/mol. The monoisotopic (exact) mass is 580 g/mol. The van der Waals surface area contributed by atoms with E-state index in [9.17, 15) is 0 Å². The van der Waals surface area contributed by atoms with Gasteiger partial charge >= 0.3 is 0 Å². The van der Waals surface area contributed by atoms with Crippen molar-refractivity contribution in [3.05, 3.63) is 65.7 Å². The van der Waals surface area contributed by atoms with Crippen LogP contribution in [0.3, 0.4) is 0 Å². The number of unbranched alkanes of at least 4 members (excludes halogenated alkanes) is 18. The van der Waals surface area contributed by atoms with Crippen molar-refractivity contribution < 1.29 is 14.8 Å². The molecule has 0 spiro atoms. The SMILES string of the molecule is CCCCCCCCCCCCCCCCC(C)(Cc1ccccc1)OOOc1ccccc1CCCCCCCC. The summed E-state index contributed by atoms with van der Waals surface area (Å²) in [6.45, 7) is 6.72. The van der Waals surface area contributed by atoms with E-state index in [1.807, 2.05) is 12.1 Å². The molecule has 0 bridgehead atoms. The molecular weight excluding hydrogens is 516 g/mol. The molecule has 42 heavy (non-hydrogen) atoms. The zero-order valence-electron chi connectivity index (χ0n) is 27.7. The van der Waals surface area contributed by atoms with Crippen molar-refractivity contribution in [2.75, 3.05) is 0 Å². The highest BCUT2D eigenvalue weighted by Crippen LogP contribution is 2.27. The second-order valence-electron chi connectivity index (χ2n) is 12.8. The summed E-state index contributed by atoms with van der Waals surface area (Å²) in [6.07, 6.45) is 29.6. The van der Waals surface area contributed by atoms with Gasteiger partial charge in [-0.1, -0.05) is 184 Å². The smallest absolute Gasteiger partial charge is 0.171 e. The van der Waals surface area contributed by atoms with E-state index in [0.29, 0.717) is 0 Å². The van der Waals surface area contributed by atoms with Crippen molar-refractivity contribution in [1.29, 1.82) is 0 Å². The molecule has 0 amide bonds. The van der Waals surface area contributed by atoms with Gasteiger partial charge in [0.25, 0.3) is 0 Å². The average Bonchev–Trinajstić information content (AvgIpc) is 3.00. The molecule has 1 unspecified atom stereocenters. The lowest BCUT2D eigenvalue weighted by Crippen LogP contribution is -2.32. The van der Waals surface area contributed by atoms with Crippen LogP contribution >= 0.6 is 0 Å². The van der Waals surface area contributed by atoms with E-state index >= 15 is 0 Å². The molecule has 2 aromatic carbocycles. The first-order valence-electron chi connectivity index (χ1n) is 17.8. The van der Waals surface area contributed by atoms with Gasteiger partial charge < -0.3 is 4.89 Å². The number of rotatable bonds is 28. The van der Waals surface area contributed by atoms with Gasteiger partial charge in [0.05, 0.1) is 0 Å². The minimum absolute atomic E-state index is 0.438. The normalized spacial score (nSPS) is 12.8. The molecule has 3 nitrogen and oxygen atoms in total. The Balaban J connectivity index is 1.69. The lowest BCUT2D eigenvalue weighted by molar-refractivity contribution is -0.502. The van der Waals surface area contributed by atoms with Crippen LogP contribution in [0.5, 0.6) is 5.75 Å². The van der Waals surface area contributed by atoms with E-state index in [2.05, 4.69) is 63.2 Å². The van der Waals surface area contributed by atoms with E-state index < -0.39 is 5.60 Å². The topological polar surface area (TPSA) is 27.7 Å². The summed E-state index contributed by atoms with van der Waals surface area (Å²) >= 11 is 0. The minimum Gasteiger partial charge on any atom is -0.308 e. The third kappa shape index (κ3) is 18.0. The molecule has 0 saturated carbocycles. The van der Waals surface area contributed by atoms with E-state index in [-0.39, 0.29) is 0 Å². The fraction of sp³-hybridized carbons (Fsp3) is 0.692. The Morgan fingerprint density at radius 1 is 0.524 bits per heavy atom. The fourth-order valence-corrected chi connectivity index (χ4v) is 5.90. The molecule has 0 aliphatic carbocycles. The van der Waals surface area contributed by atoms with Crippen molar-refractivity contribution in [3.8, 4) is 5.75 Å². The minimum atomic E-state index is -0.438. The summed E-state index contributed by atoms with van der Waals surface area (Å²) in [5, 5.41) is 5.53. The lowest BCUT2D eigenvalue weighted by atomic mass is 9.90. The largest absolute Gasteiger partial charge is 0.308 e. The van der Waals surface area contributed by atoms with Crippen molar-refractivity contribution in [1.82, 2.24) is 0 Å². The van der Waals surface area contributed by atoms with Crippen LogP contribution in [0, 0.1) is 0 Å². The van der Waals surface area contributed by atoms with Gasteiger partial charge in [-0.25, -0.2) is 0 Å². The molecule has 2 rings (SSSR count). The molecule has 3 heteroatoms. The molecule has 0 aliphatic heterocycles. The quantitative estimate of drug-likeness (QED) is 0.0569. The molecule has 0 aromatic heterocycles. The summed E-state index contributed by atoms with van der Waals surface area (Å²) in [6, 6.07) is 18.8. The Morgan fingerprint density at radius 3 is 1.57 bits per heavy atom. The van der Waals surface area contributed by atoms with Crippen LogP contribution < -0.4 is 4.89 Å². The van der Waals surface area contributed by atoms with Crippen molar-refractivity contribution in [2.24, 2.45) is 0 Å². The Morgan fingerprint density at radius 2 is 1.00 bits per heavy atom. The van der Waals surface area contributed by atoms with Crippen LogP contribution in [0.15, 0.2) is 54.6 Å². The first-order valence-corrected chi connectivity index (χ1v) is 17.8. The molecule has 0 fully saturated rings. The first kappa shape index (κ1) is 36.4. The Labute approximate surface area is 260 Å². The van der Waals surface area contributed by atoms with Crippen LogP contribution in [-0.4, -0.2) is 5.60 Å². The van der Waals surface area contributed by atoms with Crippen LogP contribution in [0.1, 0.15) is 167 Å². The van der Waals surface area contributed by atoms with Gasteiger partial charge in [-0.05, 0) is 48.4 Å². The molecule has 238 valence electrons. The van der Waals surface area contributed by atoms with Crippen LogP contribution in [0.2, 0.25) is 0 Å². The highest BCUT2D eigenvalue weighted by atomic mass is 17.5. The standard InChI is InChI=1S/C39H64O3/c1-4-6-8-10-12-13-14-15-16-17-18-19-21-28-34-39(3,35-36-29-23-22-24-30-36)41-42-40-38-33-27-26-32-37(38)31-25-20-11-9-7-5-2/h22-24,26-27,29-30,32-33H,4-21,25,28,31,34-35H2,1-3H3. The van der Waals surface area contributed by atoms with E-state index in [1.54, 1.807) is 0 Å². The van der Waals surface area contributed by atoms with Crippen LogP contribution in [0.25, 0.3) is 0 Å². The maximum atomic E-state index is 6.05. The van der Waals surface area contributed by atoms with Gasteiger partial charge in [0.15, 0.2) is 5.75 Å². The van der Waals surface area contributed by atoms with E-state index in [1.165, 1.54) is 133 Å². The third-order valence-corrected chi connectivity index (χ3v) is 8.61. The Kier molecular flexibility index (Phi) is 21.3. The van der Waals surface area contributed by atoms with Crippen molar-refractivity contribution >= 4 is 0 Å². The number of hydrogen-bond acceptors (Lipinski definition) is 3. The summed E-state index contributed by atoms with van der Waals surface area (Å²) < 4.78 is 0. The maximum Gasteiger partial charge on any atom is 0.171 e. The van der Waals surface area contributed by atoms with Gasteiger partial charge in [0.1, 0.15) is 5.60 Å². The molecular formula is C39H64O3.